The molecule has 3 nitrogen and oxygen atoms in total. The van der Waals surface area contributed by atoms with E-state index < -0.39 is 15.1 Å². The van der Waals surface area contributed by atoms with Gasteiger partial charge in [0, 0.05) is 0 Å². The molecule has 0 aliphatic carbocycles. The van der Waals surface area contributed by atoms with Crippen molar-refractivity contribution in [3.8, 4) is 0 Å². The van der Waals surface area contributed by atoms with Crippen LogP contribution in [0.4, 0.5) is 0 Å². The van der Waals surface area contributed by atoms with Gasteiger partial charge in [-0.15, -0.1) is 0 Å². The molecule has 0 amide bonds. The second-order valence-corrected chi connectivity index (χ2v) is 6.50. The number of nitrogens with two attached hydrogens (primary N) is 1. The highest BCUT2D eigenvalue weighted by Crippen LogP contribution is 2.26. The SMILES string of the molecule is CCCCS(=O)(=O)C(CCN)c1ccccc1. The lowest BCUT2D eigenvalue weighted by atomic mass is 10.1. The summed E-state index contributed by atoms with van der Waals surface area (Å²) in [5.41, 5.74) is 6.38. The molecule has 1 unspecified atom stereocenters. The van der Waals surface area contributed by atoms with Crippen LogP contribution in [0.25, 0.3) is 0 Å². The van der Waals surface area contributed by atoms with Crippen LogP contribution in [0.3, 0.4) is 0 Å². The smallest absolute Gasteiger partial charge is 0.157 e. The van der Waals surface area contributed by atoms with E-state index in [0.717, 1.165) is 18.4 Å². The van der Waals surface area contributed by atoms with E-state index in [2.05, 4.69) is 0 Å². The maximum atomic E-state index is 12.2. The van der Waals surface area contributed by atoms with Gasteiger partial charge in [-0.25, -0.2) is 8.42 Å². The molecule has 0 radical (unpaired) electrons. The fraction of sp³-hybridized carbons (Fsp3) is 0.538. The topological polar surface area (TPSA) is 60.2 Å². The fourth-order valence-electron chi connectivity index (χ4n) is 1.86. The van der Waals surface area contributed by atoms with Crippen LogP contribution in [0, 0.1) is 0 Å². The molecule has 0 spiro atoms. The van der Waals surface area contributed by atoms with Crippen molar-refractivity contribution < 1.29 is 8.42 Å². The minimum atomic E-state index is -3.08. The maximum absolute atomic E-state index is 12.2. The van der Waals surface area contributed by atoms with E-state index in [9.17, 15) is 8.42 Å². The van der Waals surface area contributed by atoms with Gasteiger partial charge in [0.1, 0.15) is 0 Å². The fourth-order valence-corrected chi connectivity index (χ4v) is 3.90. The normalized spacial score (nSPS) is 13.5. The maximum Gasteiger partial charge on any atom is 0.157 e. The summed E-state index contributed by atoms with van der Waals surface area (Å²) in [6.07, 6.45) is 2.11. The van der Waals surface area contributed by atoms with E-state index >= 15 is 0 Å². The van der Waals surface area contributed by atoms with Gasteiger partial charge in [0.15, 0.2) is 9.84 Å². The molecule has 0 fully saturated rings. The molecule has 0 saturated heterocycles. The van der Waals surface area contributed by atoms with Crippen molar-refractivity contribution in [2.24, 2.45) is 5.73 Å². The molecule has 0 aliphatic rings. The van der Waals surface area contributed by atoms with Gasteiger partial charge in [-0.2, -0.15) is 0 Å². The van der Waals surface area contributed by atoms with Crippen LogP contribution in [0.1, 0.15) is 37.0 Å². The summed E-state index contributed by atoms with van der Waals surface area (Å²) in [4.78, 5) is 0. The van der Waals surface area contributed by atoms with Crippen LogP contribution < -0.4 is 5.73 Å². The van der Waals surface area contributed by atoms with Crippen molar-refractivity contribution in [1.29, 1.82) is 0 Å². The number of unbranched alkanes of at least 4 members (excludes halogenated alkanes) is 1. The molecule has 1 atom stereocenters. The highest BCUT2D eigenvalue weighted by Gasteiger charge is 2.25. The molecule has 1 aromatic rings. The van der Waals surface area contributed by atoms with Crippen LogP contribution in [-0.4, -0.2) is 20.7 Å². The summed E-state index contributed by atoms with van der Waals surface area (Å²) < 4.78 is 24.4. The lowest BCUT2D eigenvalue weighted by Crippen LogP contribution is -2.20. The third-order valence-electron chi connectivity index (χ3n) is 2.82. The highest BCUT2D eigenvalue weighted by molar-refractivity contribution is 7.91. The first-order valence-corrected chi connectivity index (χ1v) is 7.80. The van der Waals surface area contributed by atoms with Gasteiger partial charge in [-0.05, 0) is 24.9 Å². The molecule has 96 valence electrons. The Morgan fingerprint density at radius 2 is 1.88 bits per heavy atom. The van der Waals surface area contributed by atoms with Crippen molar-refractivity contribution in [3.63, 3.8) is 0 Å². The van der Waals surface area contributed by atoms with E-state index in [4.69, 9.17) is 5.73 Å². The molecule has 0 bridgehead atoms. The van der Waals surface area contributed by atoms with E-state index in [1.54, 1.807) is 0 Å². The molecular weight excluding hydrogens is 234 g/mol. The zero-order chi connectivity index (χ0) is 12.7. The monoisotopic (exact) mass is 255 g/mol. The quantitative estimate of drug-likeness (QED) is 0.813. The first kappa shape index (κ1) is 14.2. The molecule has 2 N–H and O–H groups in total. The molecule has 1 rings (SSSR count). The third-order valence-corrected chi connectivity index (χ3v) is 5.05. The van der Waals surface area contributed by atoms with Crippen LogP contribution in [0.15, 0.2) is 30.3 Å². The summed E-state index contributed by atoms with van der Waals surface area (Å²) in [6, 6.07) is 9.36. The highest BCUT2D eigenvalue weighted by atomic mass is 32.2. The Hall–Kier alpha value is -0.870. The Bertz CT molecular complexity index is 414. The Balaban J connectivity index is 2.93. The van der Waals surface area contributed by atoms with Crippen molar-refractivity contribution in [3.05, 3.63) is 35.9 Å². The summed E-state index contributed by atoms with van der Waals surface area (Å²) in [5, 5.41) is -0.444. The number of hydrogen-bond donors (Lipinski definition) is 1. The molecule has 0 aromatic heterocycles. The molecule has 17 heavy (non-hydrogen) atoms. The van der Waals surface area contributed by atoms with E-state index in [-0.39, 0.29) is 5.75 Å². The van der Waals surface area contributed by atoms with E-state index in [1.807, 2.05) is 37.3 Å². The van der Waals surface area contributed by atoms with Crippen LogP contribution in [0.5, 0.6) is 0 Å². The van der Waals surface area contributed by atoms with Gasteiger partial charge in [-0.3, -0.25) is 0 Å². The Labute approximate surface area is 104 Å². The van der Waals surface area contributed by atoms with Gasteiger partial charge in [0.2, 0.25) is 0 Å². The molecule has 1 aromatic carbocycles. The summed E-state index contributed by atoms with van der Waals surface area (Å²) in [7, 11) is -3.08. The average molecular weight is 255 g/mol. The molecule has 0 heterocycles. The van der Waals surface area contributed by atoms with Gasteiger partial charge < -0.3 is 5.73 Å². The number of rotatable bonds is 7. The van der Waals surface area contributed by atoms with Gasteiger partial charge >= 0.3 is 0 Å². The van der Waals surface area contributed by atoms with Crippen LogP contribution >= 0.6 is 0 Å². The summed E-state index contributed by atoms with van der Waals surface area (Å²) >= 11 is 0. The summed E-state index contributed by atoms with van der Waals surface area (Å²) in [6.45, 7) is 2.39. The second kappa shape index (κ2) is 6.77. The van der Waals surface area contributed by atoms with Gasteiger partial charge in [-0.1, -0.05) is 43.7 Å². The number of sulfone groups is 1. The number of benzene rings is 1. The predicted octanol–water partition coefficient (Wildman–Crippen LogP) is 2.29. The first-order chi connectivity index (χ1) is 8.11. The van der Waals surface area contributed by atoms with E-state index in [1.165, 1.54) is 0 Å². The lowest BCUT2D eigenvalue weighted by molar-refractivity contribution is 0.573. The molecule has 4 heteroatoms. The van der Waals surface area contributed by atoms with Crippen molar-refractivity contribution in [2.45, 2.75) is 31.4 Å². The van der Waals surface area contributed by atoms with Crippen molar-refractivity contribution >= 4 is 9.84 Å². The van der Waals surface area contributed by atoms with Crippen LogP contribution in [-0.2, 0) is 9.84 Å². The van der Waals surface area contributed by atoms with Crippen molar-refractivity contribution in [2.75, 3.05) is 12.3 Å². The minimum Gasteiger partial charge on any atom is -0.330 e. The van der Waals surface area contributed by atoms with Crippen LogP contribution in [0.2, 0.25) is 0 Å². The third kappa shape index (κ3) is 4.13. The zero-order valence-electron chi connectivity index (χ0n) is 10.3. The molecule has 0 aliphatic heterocycles. The predicted molar refractivity (Wildman–Crippen MR) is 71.5 cm³/mol. The standard InChI is InChI=1S/C13H21NO2S/c1-2-3-11-17(15,16)13(9-10-14)12-7-5-4-6-8-12/h4-8,13H,2-3,9-11,14H2,1H3. The van der Waals surface area contributed by atoms with Gasteiger partial charge in [0.25, 0.3) is 0 Å². The Morgan fingerprint density at radius 1 is 1.24 bits per heavy atom. The second-order valence-electron chi connectivity index (χ2n) is 4.20. The largest absolute Gasteiger partial charge is 0.330 e. The Morgan fingerprint density at radius 3 is 2.41 bits per heavy atom. The number of hydrogen-bond acceptors (Lipinski definition) is 3. The summed E-state index contributed by atoms with van der Waals surface area (Å²) in [5.74, 6) is 0.253. The lowest BCUT2D eigenvalue weighted by Gasteiger charge is -2.17. The van der Waals surface area contributed by atoms with Crippen molar-refractivity contribution in [1.82, 2.24) is 0 Å². The first-order valence-electron chi connectivity index (χ1n) is 6.08. The Kier molecular flexibility index (Phi) is 5.65. The zero-order valence-corrected chi connectivity index (χ0v) is 11.1. The average Bonchev–Trinajstić information content (AvgIpc) is 2.34. The van der Waals surface area contributed by atoms with E-state index in [0.29, 0.717) is 13.0 Å². The molecular formula is C13H21NO2S. The minimum absolute atomic E-state index is 0.253. The van der Waals surface area contributed by atoms with Gasteiger partial charge in [0.05, 0.1) is 11.0 Å². The molecule has 0 saturated carbocycles.